The third kappa shape index (κ3) is 4.90. The van der Waals surface area contributed by atoms with E-state index in [4.69, 9.17) is 11.6 Å². The second-order valence-corrected chi connectivity index (χ2v) is 6.30. The van der Waals surface area contributed by atoms with Crippen LogP contribution in [-0.2, 0) is 24.8 Å². The van der Waals surface area contributed by atoms with Crippen molar-refractivity contribution in [3.63, 3.8) is 0 Å². The number of nitrogens with zero attached hydrogens (tertiary/aromatic N) is 3. The largest absolute Gasteiger partial charge is 0.352 e. The average Bonchev–Trinajstić information content (AvgIpc) is 3.05. The molecule has 0 saturated carbocycles. The highest BCUT2D eigenvalue weighted by Crippen LogP contribution is 2.15. The number of benzene rings is 1. The highest BCUT2D eigenvalue weighted by Gasteiger charge is 2.05. The summed E-state index contributed by atoms with van der Waals surface area (Å²) in [7, 11) is 1.87. The van der Waals surface area contributed by atoms with Gasteiger partial charge >= 0.3 is 0 Å². The molecule has 3 aromatic rings. The number of rotatable bonds is 6. The summed E-state index contributed by atoms with van der Waals surface area (Å²) in [5, 5.41) is 7.75. The Balaban J connectivity index is 1.48. The van der Waals surface area contributed by atoms with E-state index in [1.165, 1.54) is 0 Å². The van der Waals surface area contributed by atoms with Gasteiger partial charge in [0.15, 0.2) is 0 Å². The van der Waals surface area contributed by atoms with Crippen molar-refractivity contribution in [2.75, 3.05) is 0 Å². The van der Waals surface area contributed by atoms with Gasteiger partial charge in [-0.25, -0.2) is 0 Å². The van der Waals surface area contributed by atoms with Crippen molar-refractivity contribution in [1.29, 1.82) is 0 Å². The number of aromatic nitrogens is 3. The molecule has 0 unspecified atom stereocenters. The van der Waals surface area contributed by atoms with E-state index in [1.807, 2.05) is 49.6 Å². The molecule has 128 valence electrons. The predicted molar refractivity (Wildman–Crippen MR) is 98.1 cm³/mol. The van der Waals surface area contributed by atoms with Gasteiger partial charge in [-0.15, -0.1) is 0 Å². The van der Waals surface area contributed by atoms with Gasteiger partial charge in [-0.2, -0.15) is 5.10 Å². The molecule has 0 radical (unpaired) electrons. The molecule has 0 atom stereocenters. The Kier molecular flexibility index (Phi) is 5.46. The SMILES string of the molecule is Cn1cc(-c2ccc(CNC(=O)CCc3cccc(Cl)c3)cn2)cn1. The van der Waals surface area contributed by atoms with E-state index >= 15 is 0 Å². The zero-order valence-corrected chi connectivity index (χ0v) is 14.7. The van der Waals surface area contributed by atoms with E-state index in [2.05, 4.69) is 15.4 Å². The Labute approximate surface area is 151 Å². The number of hydrogen-bond acceptors (Lipinski definition) is 3. The molecule has 2 heterocycles. The molecule has 0 saturated heterocycles. The number of pyridine rings is 1. The van der Waals surface area contributed by atoms with Crippen LogP contribution in [0.3, 0.4) is 0 Å². The zero-order chi connectivity index (χ0) is 17.6. The van der Waals surface area contributed by atoms with Gasteiger partial charge in [0.1, 0.15) is 0 Å². The molecule has 0 fully saturated rings. The second kappa shape index (κ2) is 7.94. The Morgan fingerprint density at radius 2 is 2.08 bits per heavy atom. The maximum Gasteiger partial charge on any atom is 0.220 e. The summed E-state index contributed by atoms with van der Waals surface area (Å²) in [5.41, 5.74) is 3.86. The van der Waals surface area contributed by atoms with E-state index < -0.39 is 0 Å². The molecule has 6 heteroatoms. The standard InChI is InChI=1S/C19H19ClN4O/c1-24-13-16(12-23-24)18-7-5-15(10-21-18)11-22-19(25)8-6-14-3-2-4-17(20)9-14/h2-5,7,9-10,12-13H,6,8,11H2,1H3,(H,22,25). The number of halogens is 1. The van der Waals surface area contributed by atoms with E-state index in [0.717, 1.165) is 22.4 Å². The second-order valence-electron chi connectivity index (χ2n) is 5.86. The topological polar surface area (TPSA) is 59.8 Å². The maximum absolute atomic E-state index is 12.0. The molecule has 2 aromatic heterocycles. The number of carbonyl (C=O) groups excluding carboxylic acids is 1. The summed E-state index contributed by atoms with van der Waals surface area (Å²) in [6.45, 7) is 0.467. The van der Waals surface area contributed by atoms with Gasteiger partial charge in [-0.3, -0.25) is 14.5 Å². The van der Waals surface area contributed by atoms with Crippen LogP contribution in [0.15, 0.2) is 55.0 Å². The first-order chi connectivity index (χ1) is 12.1. The number of carbonyl (C=O) groups is 1. The summed E-state index contributed by atoms with van der Waals surface area (Å²) in [4.78, 5) is 16.4. The van der Waals surface area contributed by atoms with Crippen molar-refractivity contribution in [2.24, 2.45) is 7.05 Å². The molecule has 0 bridgehead atoms. The third-order valence-electron chi connectivity index (χ3n) is 3.84. The summed E-state index contributed by atoms with van der Waals surface area (Å²) in [5.74, 6) is 0.0105. The lowest BCUT2D eigenvalue weighted by Crippen LogP contribution is -2.23. The number of aryl methyl sites for hydroxylation is 2. The fourth-order valence-electron chi connectivity index (χ4n) is 2.49. The minimum Gasteiger partial charge on any atom is -0.352 e. The quantitative estimate of drug-likeness (QED) is 0.738. The van der Waals surface area contributed by atoms with Crippen LogP contribution in [-0.4, -0.2) is 20.7 Å². The van der Waals surface area contributed by atoms with Gasteiger partial charge < -0.3 is 5.32 Å². The lowest BCUT2D eigenvalue weighted by molar-refractivity contribution is -0.121. The molecule has 1 amide bonds. The molecule has 0 aliphatic rings. The average molecular weight is 355 g/mol. The van der Waals surface area contributed by atoms with E-state index in [9.17, 15) is 4.79 Å². The van der Waals surface area contributed by atoms with E-state index in [-0.39, 0.29) is 5.91 Å². The van der Waals surface area contributed by atoms with Crippen molar-refractivity contribution < 1.29 is 4.79 Å². The van der Waals surface area contributed by atoms with Crippen LogP contribution in [0.5, 0.6) is 0 Å². The maximum atomic E-state index is 12.0. The highest BCUT2D eigenvalue weighted by atomic mass is 35.5. The first kappa shape index (κ1) is 17.2. The first-order valence-electron chi connectivity index (χ1n) is 8.05. The van der Waals surface area contributed by atoms with Crippen molar-refractivity contribution in [3.05, 3.63) is 71.1 Å². The zero-order valence-electron chi connectivity index (χ0n) is 13.9. The Hall–Kier alpha value is -2.66. The van der Waals surface area contributed by atoms with Crippen molar-refractivity contribution >= 4 is 17.5 Å². The summed E-state index contributed by atoms with van der Waals surface area (Å²) in [6, 6.07) is 11.5. The van der Waals surface area contributed by atoms with Crippen LogP contribution in [0, 0.1) is 0 Å². The van der Waals surface area contributed by atoms with Crippen LogP contribution < -0.4 is 5.32 Å². The lowest BCUT2D eigenvalue weighted by Gasteiger charge is -2.06. The highest BCUT2D eigenvalue weighted by molar-refractivity contribution is 6.30. The smallest absolute Gasteiger partial charge is 0.220 e. The molecule has 0 aliphatic carbocycles. The van der Waals surface area contributed by atoms with E-state index in [1.54, 1.807) is 17.1 Å². The number of hydrogen-bond donors (Lipinski definition) is 1. The Morgan fingerprint density at radius 1 is 1.20 bits per heavy atom. The summed E-state index contributed by atoms with van der Waals surface area (Å²) < 4.78 is 1.74. The van der Waals surface area contributed by atoms with Crippen LogP contribution >= 0.6 is 11.6 Å². The van der Waals surface area contributed by atoms with Gasteiger partial charge in [-0.1, -0.05) is 29.8 Å². The fraction of sp³-hybridized carbons (Fsp3) is 0.211. The van der Waals surface area contributed by atoms with Crippen molar-refractivity contribution in [3.8, 4) is 11.3 Å². The van der Waals surface area contributed by atoms with Crippen molar-refractivity contribution in [1.82, 2.24) is 20.1 Å². The van der Waals surface area contributed by atoms with Gasteiger partial charge in [0.25, 0.3) is 0 Å². The normalized spacial score (nSPS) is 10.6. The van der Waals surface area contributed by atoms with Crippen LogP contribution in [0.2, 0.25) is 5.02 Å². The van der Waals surface area contributed by atoms with Crippen molar-refractivity contribution in [2.45, 2.75) is 19.4 Å². The number of amides is 1. The minimum atomic E-state index is 0.0105. The monoisotopic (exact) mass is 354 g/mol. The number of nitrogens with one attached hydrogen (secondary N) is 1. The fourth-order valence-corrected chi connectivity index (χ4v) is 2.71. The predicted octanol–water partition coefficient (Wildman–Crippen LogP) is 3.38. The molecule has 1 N–H and O–H groups in total. The van der Waals surface area contributed by atoms with Crippen LogP contribution in [0.25, 0.3) is 11.3 Å². The molecular weight excluding hydrogens is 336 g/mol. The Morgan fingerprint density at radius 3 is 2.76 bits per heavy atom. The lowest BCUT2D eigenvalue weighted by atomic mass is 10.1. The molecule has 0 aliphatic heterocycles. The molecule has 5 nitrogen and oxygen atoms in total. The van der Waals surface area contributed by atoms with Crippen LogP contribution in [0.1, 0.15) is 17.5 Å². The molecule has 3 rings (SSSR count). The third-order valence-corrected chi connectivity index (χ3v) is 4.08. The molecule has 1 aromatic carbocycles. The molecule has 0 spiro atoms. The van der Waals surface area contributed by atoms with Gasteiger partial charge in [0, 0.05) is 43.0 Å². The first-order valence-corrected chi connectivity index (χ1v) is 8.43. The van der Waals surface area contributed by atoms with Gasteiger partial charge in [-0.05, 0) is 35.7 Å². The van der Waals surface area contributed by atoms with Crippen LogP contribution in [0.4, 0.5) is 0 Å². The summed E-state index contributed by atoms with van der Waals surface area (Å²) >= 11 is 5.95. The Bertz CT molecular complexity index is 858. The molecular formula is C19H19ClN4O. The minimum absolute atomic E-state index is 0.0105. The summed E-state index contributed by atoms with van der Waals surface area (Å²) in [6.07, 6.45) is 6.57. The van der Waals surface area contributed by atoms with E-state index in [0.29, 0.717) is 24.4 Å². The molecule has 25 heavy (non-hydrogen) atoms. The van der Waals surface area contributed by atoms with Gasteiger partial charge in [0.2, 0.25) is 5.91 Å². The van der Waals surface area contributed by atoms with Gasteiger partial charge in [0.05, 0.1) is 11.9 Å².